The van der Waals surface area contributed by atoms with Crippen LogP contribution < -0.4 is 4.74 Å². The Morgan fingerprint density at radius 1 is 1.24 bits per heavy atom. The Labute approximate surface area is 167 Å². The number of aliphatic hydroxyl groups excluding tert-OH is 1. The number of alkyl halides is 3. The highest BCUT2D eigenvalue weighted by Crippen LogP contribution is 2.24. The van der Waals surface area contributed by atoms with Gasteiger partial charge < -0.3 is 20.3 Å². The number of aromatic nitrogens is 3. The minimum atomic E-state index is -4.42. The number of aromatic amines is 1. The Kier molecular flexibility index (Phi) is 9.21. The number of fused-ring (bicyclic) bond motifs is 1. The number of ether oxygens (including phenoxy) is 1. The molecule has 0 amide bonds. The lowest BCUT2D eigenvalue weighted by Crippen LogP contribution is -2.19. The van der Waals surface area contributed by atoms with Gasteiger partial charge in [-0.15, -0.1) is 0 Å². The van der Waals surface area contributed by atoms with Crippen molar-refractivity contribution in [2.45, 2.75) is 30.9 Å². The van der Waals surface area contributed by atoms with Gasteiger partial charge in [0.15, 0.2) is 11.8 Å². The summed E-state index contributed by atoms with van der Waals surface area (Å²) in [5, 5.41) is 7.86. The van der Waals surface area contributed by atoms with Crippen molar-refractivity contribution >= 4 is 21.8 Å². The van der Waals surface area contributed by atoms with Gasteiger partial charge in [0.05, 0.1) is 33.3 Å². The van der Waals surface area contributed by atoms with Crippen molar-refractivity contribution in [2.75, 3.05) is 13.2 Å². The van der Waals surface area contributed by atoms with Crippen molar-refractivity contribution in [2.24, 2.45) is 0 Å². The van der Waals surface area contributed by atoms with Gasteiger partial charge in [-0.25, -0.2) is 4.98 Å². The van der Waals surface area contributed by atoms with Gasteiger partial charge in [0, 0.05) is 18.4 Å². The molecule has 0 radical (unpaired) electrons. The molecule has 0 saturated carbocycles. The molecule has 2 aromatic heterocycles. The Balaban J connectivity index is 0.000000990. The van der Waals surface area contributed by atoms with Gasteiger partial charge in [-0.2, -0.15) is 13.2 Å². The molecule has 0 aliphatic carbocycles. The van der Waals surface area contributed by atoms with E-state index in [0.29, 0.717) is 21.9 Å². The molecular weight excluding hydrogens is 411 g/mol. The number of benzene rings is 1. The number of pyridine rings is 1. The quantitative estimate of drug-likeness (QED) is 0.641. The van der Waals surface area contributed by atoms with E-state index in [1.54, 1.807) is 19.9 Å². The van der Waals surface area contributed by atoms with Crippen molar-refractivity contribution in [1.29, 1.82) is 0 Å². The molecule has 0 spiro atoms. The zero-order valence-electron chi connectivity index (χ0n) is 15.8. The second kappa shape index (κ2) is 10.9. The van der Waals surface area contributed by atoms with Gasteiger partial charge in [-0.05, 0) is 32.0 Å². The molecule has 0 unspecified atom stereocenters. The van der Waals surface area contributed by atoms with Crippen molar-refractivity contribution in [3.63, 3.8) is 0 Å². The molecule has 1 aromatic carbocycles. The van der Waals surface area contributed by atoms with E-state index in [1.165, 1.54) is 12.3 Å². The van der Waals surface area contributed by atoms with Crippen molar-refractivity contribution in [3.8, 4) is 5.75 Å². The van der Waals surface area contributed by atoms with Gasteiger partial charge in [-0.3, -0.25) is 9.19 Å². The second-order valence-corrected chi connectivity index (χ2v) is 7.02. The van der Waals surface area contributed by atoms with E-state index in [-0.39, 0.29) is 23.6 Å². The number of nitrogens with one attached hydrogen (secondary N) is 1. The molecule has 29 heavy (non-hydrogen) atoms. The van der Waals surface area contributed by atoms with Crippen LogP contribution >= 0.6 is 0 Å². The smallest absolute Gasteiger partial charge is 0.422 e. The SMILES string of the molecule is CCO.Cc1c(OCC(F)(F)F)ccnc1C[S@@](=O)c1nc2ccccc2[nH]1.O. The van der Waals surface area contributed by atoms with Crippen LogP contribution in [0.4, 0.5) is 13.2 Å². The standard InChI is InChI=1S/C16H14F3N3O2S.C2H6O.H2O/c1-10-13(20-7-6-14(10)24-9-16(17,18)19)8-25(23)15-21-11-4-2-3-5-12(11)22-15;1-2-3;/h2-7H,8-9H2,1H3,(H,21,22);3H,2H2,1H3;1H2/t25-;;/m1../s1. The van der Waals surface area contributed by atoms with E-state index >= 15 is 0 Å². The number of hydrogen-bond acceptors (Lipinski definition) is 5. The highest BCUT2D eigenvalue weighted by molar-refractivity contribution is 7.84. The molecule has 1 atom stereocenters. The number of aliphatic hydroxyl groups is 1. The molecule has 3 rings (SSSR count). The molecular formula is C18H22F3N3O4S. The summed E-state index contributed by atoms with van der Waals surface area (Å²) in [7, 11) is -1.51. The predicted octanol–water partition coefficient (Wildman–Crippen LogP) is 2.69. The van der Waals surface area contributed by atoms with Crippen LogP contribution in [0.1, 0.15) is 18.2 Å². The number of H-pyrrole nitrogens is 1. The van der Waals surface area contributed by atoms with Crippen LogP contribution in [0.3, 0.4) is 0 Å². The third-order valence-electron chi connectivity index (χ3n) is 3.50. The summed E-state index contributed by atoms with van der Waals surface area (Å²) >= 11 is 0. The number of halogens is 3. The number of nitrogens with zero attached hydrogens (tertiary/aromatic N) is 2. The average Bonchev–Trinajstić information content (AvgIpc) is 3.07. The number of rotatable bonds is 5. The predicted molar refractivity (Wildman–Crippen MR) is 103 cm³/mol. The minimum Gasteiger partial charge on any atom is -0.484 e. The first-order valence-corrected chi connectivity index (χ1v) is 9.65. The molecule has 2 heterocycles. The minimum absolute atomic E-state index is 0. The number of para-hydroxylation sites is 2. The summed E-state index contributed by atoms with van der Waals surface area (Å²) in [6.07, 6.45) is -3.09. The van der Waals surface area contributed by atoms with E-state index in [9.17, 15) is 17.4 Å². The highest BCUT2D eigenvalue weighted by atomic mass is 32.2. The Morgan fingerprint density at radius 3 is 2.52 bits per heavy atom. The summed E-state index contributed by atoms with van der Waals surface area (Å²) in [5.41, 5.74) is 2.28. The van der Waals surface area contributed by atoms with Crippen LogP contribution in [0.2, 0.25) is 0 Å². The van der Waals surface area contributed by atoms with Gasteiger partial charge >= 0.3 is 6.18 Å². The van der Waals surface area contributed by atoms with E-state index in [1.807, 2.05) is 18.2 Å². The molecule has 0 bridgehead atoms. The van der Waals surface area contributed by atoms with E-state index < -0.39 is 23.6 Å². The molecule has 0 aliphatic heterocycles. The summed E-state index contributed by atoms with van der Waals surface area (Å²) in [6, 6.07) is 8.62. The van der Waals surface area contributed by atoms with Crippen LogP contribution in [0.25, 0.3) is 11.0 Å². The van der Waals surface area contributed by atoms with Crippen molar-refractivity contribution in [1.82, 2.24) is 15.0 Å². The highest BCUT2D eigenvalue weighted by Gasteiger charge is 2.29. The summed E-state index contributed by atoms with van der Waals surface area (Å²) in [4.78, 5) is 11.3. The van der Waals surface area contributed by atoms with Gasteiger partial charge in [0.2, 0.25) is 0 Å². The first kappa shape index (κ1) is 24.5. The third-order valence-corrected chi connectivity index (χ3v) is 4.66. The Bertz CT molecular complexity index is 914. The van der Waals surface area contributed by atoms with E-state index in [2.05, 4.69) is 15.0 Å². The molecule has 0 fully saturated rings. The van der Waals surface area contributed by atoms with Gasteiger partial charge in [0.1, 0.15) is 5.75 Å². The van der Waals surface area contributed by atoms with Crippen LogP contribution in [-0.4, -0.2) is 49.1 Å². The zero-order valence-corrected chi connectivity index (χ0v) is 16.6. The monoisotopic (exact) mass is 433 g/mol. The normalized spacial score (nSPS) is 11.9. The van der Waals surface area contributed by atoms with Gasteiger partial charge in [0.25, 0.3) is 0 Å². The maximum atomic E-state index is 12.5. The van der Waals surface area contributed by atoms with Crippen LogP contribution in [-0.2, 0) is 16.6 Å². The van der Waals surface area contributed by atoms with Crippen LogP contribution in [0.15, 0.2) is 41.7 Å². The first-order chi connectivity index (χ1) is 13.2. The maximum Gasteiger partial charge on any atom is 0.422 e. The molecule has 11 heteroatoms. The van der Waals surface area contributed by atoms with Crippen LogP contribution in [0, 0.1) is 6.92 Å². The first-order valence-electron chi connectivity index (χ1n) is 8.33. The molecule has 0 saturated heterocycles. The molecule has 3 aromatic rings. The average molecular weight is 433 g/mol. The fraction of sp³-hybridized carbons (Fsp3) is 0.333. The third kappa shape index (κ3) is 7.11. The lowest BCUT2D eigenvalue weighted by Gasteiger charge is -2.13. The molecule has 7 nitrogen and oxygen atoms in total. The Hall–Kier alpha value is -2.50. The van der Waals surface area contributed by atoms with Crippen molar-refractivity contribution < 1.29 is 32.7 Å². The molecule has 4 N–H and O–H groups in total. The lowest BCUT2D eigenvalue weighted by atomic mass is 10.2. The molecule has 0 aliphatic rings. The number of imidazole rings is 1. The summed E-state index contributed by atoms with van der Waals surface area (Å²) < 4.78 is 54.2. The maximum absolute atomic E-state index is 12.5. The Morgan fingerprint density at radius 2 is 1.90 bits per heavy atom. The fourth-order valence-electron chi connectivity index (χ4n) is 2.25. The lowest BCUT2D eigenvalue weighted by molar-refractivity contribution is -0.153. The van der Waals surface area contributed by atoms with E-state index in [0.717, 1.165) is 5.52 Å². The van der Waals surface area contributed by atoms with Crippen molar-refractivity contribution in [3.05, 3.63) is 47.8 Å². The largest absolute Gasteiger partial charge is 0.484 e. The second-order valence-electron chi connectivity index (χ2n) is 5.65. The van der Waals surface area contributed by atoms with E-state index in [4.69, 9.17) is 9.84 Å². The molecule has 160 valence electrons. The summed E-state index contributed by atoms with van der Waals surface area (Å²) in [5.74, 6) is 0.0958. The number of hydrogen-bond donors (Lipinski definition) is 2. The van der Waals surface area contributed by atoms with Gasteiger partial charge in [-0.1, -0.05) is 12.1 Å². The summed E-state index contributed by atoms with van der Waals surface area (Å²) in [6.45, 7) is 2.13. The fourth-order valence-corrected chi connectivity index (χ4v) is 3.35. The zero-order chi connectivity index (χ0) is 20.7. The topological polar surface area (TPSA) is 120 Å². The van der Waals surface area contributed by atoms with Crippen LogP contribution in [0.5, 0.6) is 5.75 Å².